The molecule has 0 spiro atoms. The first-order valence-corrected chi connectivity index (χ1v) is 10.3. The number of anilines is 1. The molecule has 8 nitrogen and oxygen atoms in total. The zero-order chi connectivity index (χ0) is 20.3. The van der Waals surface area contributed by atoms with Crippen LogP contribution in [0.5, 0.6) is 17.2 Å². The molecule has 2 aromatic carbocycles. The lowest BCUT2D eigenvalue weighted by atomic mass is 10.2. The molecule has 0 saturated heterocycles. The van der Waals surface area contributed by atoms with E-state index in [1.165, 1.54) is 25.1 Å². The molecular formula is C18H19ClN2O6S. The van der Waals surface area contributed by atoms with Crippen molar-refractivity contribution in [1.82, 2.24) is 4.72 Å². The largest absolute Gasteiger partial charge is 0.492 e. The highest BCUT2D eigenvalue weighted by atomic mass is 35.5. The van der Waals surface area contributed by atoms with Gasteiger partial charge in [-0.25, -0.2) is 8.42 Å². The summed E-state index contributed by atoms with van der Waals surface area (Å²) >= 11 is 6.05. The normalized spacial score (nSPS) is 13.8. The molecule has 0 fully saturated rings. The Morgan fingerprint density at radius 1 is 1.21 bits per heavy atom. The average molecular weight is 427 g/mol. The number of fused-ring (bicyclic) bond motifs is 1. The highest BCUT2D eigenvalue weighted by Gasteiger charge is 2.23. The second-order valence-corrected chi connectivity index (χ2v) is 8.05. The van der Waals surface area contributed by atoms with E-state index in [0.29, 0.717) is 29.5 Å². The van der Waals surface area contributed by atoms with Crippen LogP contribution in [0.2, 0.25) is 5.02 Å². The molecule has 0 aliphatic carbocycles. The molecule has 1 atom stereocenters. The van der Waals surface area contributed by atoms with E-state index >= 15 is 0 Å². The maximum absolute atomic E-state index is 12.5. The Bertz CT molecular complexity index is 996. The van der Waals surface area contributed by atoms with Crippen molar-refractivity contribution in [1.29, 1.82) is 0 Å². The van der Waals surface area contributed by atoms with Crippen LogP contribution < -0.4 is 24.2 Å². The van der Waals surface area contributed by atoms with Crippen molar-refractivity contribution in [3.8, 4) is 17.2 Å². The van der Waals surface area contributed by atoms with Gasteiger partial charge in [0.1, 0.15) is 5.75 Å². The molecule has 1 heterocycles. The molecule has 2 N–H and O–H groups in total. The van der Waals surface area contributed by atoms with Crippen molar-refractivity contribution in [3.05, 3.63) is 41.4 Å². The number of hydrogen-bond donors (Lipinski definition) is 2. The fourth-order valence-corrected chi connectivity index (χ4v) is 4.03. The van der Waals surface area contributed by atoms with E-state index < -0.39 is 22.0 Å². The molecule has 0 bridgehead atoms. The Morgan fingerprint density at radius 3 is 2.68 bits per heavy atom. The number of amides is 1. The summed E-state index contributed by atoms with van der Waals surface area (Å²) in [5, 5.41) is 2.80. The monoisotopic (exact) mass is 426 g/mol. The van der Waals surface area contributed by atoms with Crippen molar-refractivity contribution < 1.29 is 27.4 Å². The van der Waals surface area contributed by atoms with Gasteiger partial charge in [0, 0.05) is 11.8 Å². The Balaban J connectivity index is 1.68. The Kier molecular flexibility index (Phi) is 5.97. The summed E-state index contributed by atoms with van der Waals surface area (Å²) in [5.41, 5.74) is 0.462. The van der Waals surface area contributed by atoms with Gasteiger partial charge in [-0.2, -0.15) is 4.72 Å². The first-order chi connectivity index (χ1) is 13.3. The predicted molar refractivity (Wildman–Crippen MR) is 104 cm³/mol. The second-order valence-electron chi connectivity index (χ2n) is 5.93. The molecule has 0 aromatic heterocycles. The highest BCUT2D eigenvalue weighted by Crippen LogP contribution is 2.34. The molecule has 1 aliphatic rings. The third kappa shape index (κ3) is 4.49. The van der Waals surface area contributed by atoms with E-state index in [9.17, 15) is 13.2 Å². The van der Waals surface area contributed by atoms with Crippen LogP contribution >= 0.6 is 11.6 Å². The van der Waals surface area contributed by atoms with E-state index in [-0.39, 0.29) is 16.7 Å². The molecule has 1 unspecified atom stereocenters. The summed E-state index contributed by atoms with van der Waals surface area (Å²) in [6.07, 6.45) is 0. The van der Waals surface area contributed by atoms with E-state index in [1.807, 2.05) is 0 Å². The SMILES string of the molecule is CCOc1ccc(S(=O)(=O)NC(C)C(=O)Nc2ccc3c(c2)OCO3)cc1Cl. The van der Waals surface area contributed by atoms with Crippen molar-refractivity contribution >= 4 is 33.2 Å². The van der Waals surface area contributed by atoms with Crippen LogP contribution in [0.1, 0.15) is 13.8 Å². The standard InChI is InChI=1S/C18H19ClN2O6S/c1-3-25-15-7-5-13(9-14(15)19)28(23,24)21-11(2)18(22)20-12-4-6-16-17(8-12)27-10-26-16/h4-9,11,21H,3,10H2,1-2H3,(H,20,22). The summed E-state index contributed by atoms with van der Waals surface area (Å²) in [4.78, 5) is 12.3. The smallest absolute Gasteiger partial charge is 0.242 e. The van der Waals surface area contributed by atoms with Gasteiger partial charge in [0.05, 0.1) is 22.6 Å². The number of sulfonamides is 1. The van der Waals surface area contributed by atoms with Crippen LogP contribution in [-0.4, -0.2) is 33.8 Å². The van der Waals surface area contributed by atoms with Crippen LogP contribution in [-0.2, 0) is 14.8 Å². The van der Waals surface area contributed by atoms with Gasteiger partial charge in [0.15, 0.2) is 11.5 Å². The topological polar surface area (TPSA) is 103 Å². The number of rotatable bonds is 7. The van der Waals surface area contributed by atoms with Gasteiger partial charge >= 0.3 is 0 Å². The van der Waals surface area contributed by atoms with Gasteiger partial charge in [-0.3, -0.25) is 4.79 Å². The van der Waals surface area contributed by atoms with E-state index in [4.69, 9.17) is 25.8 Å². The van der Waals surface area contributed by atoms with E-state index in [0.717, 1.165) is 0 Å². The number of carbonyl (C=O) groups is 1. The summed E-state index contributed by atoms with van der Waals surface area (Å²) in [6.45, 7) is 3.76. The summed E-state index contributed by atoms with van der Waals surface area (Å²) < 4.78 is 43.2. The van der Waals surface area contributed by atoms with Gasteiger partial charge in [-0.05, 0) is 44.2 Å². The van der Waals surface area contributed by atoms with E-state index in [1.54, 1.807) is 25.1 Å². The summed E-state index contributed by atoms with van der Waals surface area (Å²) in [6, 6.07) is 7.98. The van der Waals surface area contributed by atoms with Gasteiger partial charge in [-0.15, -0.1) is 0 Å². The summed E-state index contributed by atoms with van der Waals surface area (Å²) in [7, 11) is -3.96. The van der Waals surface area contributed by atoms with Crippen molar-refractivity contribution in [2.75, 3.05) is 18.7 Å². The molecule has 28 heavy (non-hydrogen) atoms. The minimum absolute atomic E-state index is 0.0660. The lowest BCUT2D eigenvalue weighted by Crippen LogP contribution is -2.41. The third-order valence-electron chi connectivity index (χ3n) is 3.88. The quantitative estimate of drug-likeness (QED) is 0.705. The fourth-order valence-electron chi connectivity index (χ4n) is 2.50. The van der Waals surface area contributed by atoms with Crippen LogP contribution in [0, 0.1) is 0 Å². The lowest BCUT2D eigenvalue weighted by Gasteiger charge is -2.15. The fraction of sp³-hybridized carbons (Fsp3) is 0.278. The molecule has 0 radical (unpaired) electrons. The zero-order valence-corrected chi connectivity index (χ0v) is 16.8. The molecule has 3 rings (SSSR count). The lowest BCUT2D eigenvalue weighted by molar-refractivity contribution is -0.117. The highest BCUT2D eigenvalue weighted by molar-refractivity contribution is 7.89. The van der Waals surface area contributed by atoms with Crippen molar-refractivity contribution in [3.63, 3.8) is 0 Å². The van der Waals surface area contributed by atoms with E-state index in [2.05, 4.69) is 10.0 Å². The molecule has 1 amide bonds. The molecule has 10 heteroatoms. The first kappa shape index (κ1) is 20.2. The van der Waals surface area contributed by atoms with Gasteiger partial charge in [0.2, 0.25) is 22.7 Å². The Hall–Kier alpha value is -2.49. The molecule has 2 aromatic rings. The van der Waals surface area contributed by atoms with Gasteiger partial charge < -0.3 is 19.5 Å². The van der Waals surface area contributed by atoms with Gasteiger partial charge in [-0.1, -0.05) is 11.6 Å². The molecule has 1 aliphatic heterocycles. The average Bonchev–Trinajstić information content (AvgIpc) is 3.11. The molecular weight excluding hydrogens is 408 g/mol. The van der Waals surface area contributed by atoms with Crippen LogP contribution in [0.3, 0.4) is 0 Å². The molecule has 0 saturated carbocycles. The predicted octanol–water partition coefficient (Wildman–Crippen LogP) is 2.77. The van der Waals surface area contributed by atoms with Crippen LogP contribution in [0.15, 0.2) is 41.3 Å². The molecule has 150 valence electrons. The van der Waals surface area contributed by atoms with Crippen molar-refractivity contribution in [2.24, 2.45) is 0 Å². The zero-order valence-electron chi connectivity index (χ0n) is 15.2. The van der Waals surface area contributed by atoms with Gasteiger partial charge in [0.25, 0.3) is 0 Å². The Morgan fingerprint density at radius 2 is 1.96 bits per heavy atom. The first-order valence-electron chi connectivity index (χ1n) is 8.45. The minimum Gasteiger partial charge on any atom is -0.492 e. The number of ether oxygens (including phenoxy) is 3. The van der Waals surface area contributed by atoms with Crippen LogP contribution in [0.4, 0.5) is 5.69 Å². The number of hydrogen-bond acceptors (Lipinski definition) is 6. The second kappa shape index (κ2) is 8.26. The van der Waals surface area contributed by atoms with Crippen LogP contribution in [0.25, 0.3) is 0 Å². The maximum Gasteiger partial charge on any atom is 0.242 e. The maximum atomic E-state index is 12.5. The number of benzene rings is 2. The van der Waals surface area contributed by atoms with Crippen molar-refractivity contribution in [2.45, 2.75) is 24.8 Å². The minimum atomic E-state index is -3.96. The summed E-state index contributed by atoms with van der Waals surface area (Å²) in [5.74, 6) is 0.949. The number of halogens is 1. The Labute approximate surface area is 167 Å². The third-order valence-corrected chi connectivity index (χ3v) is 5.71. The number of carbonyl (C=O) groups excluding carboxylic acids is 1. The number of nitrogens with one attached hydrogen (secondary N) is 2.